The van der Waals surface area contributed by atoms with Crippen LogP contribution in [0.5, 0.6) is 0 Å². The number of amides is 4. The van der Waals surface area contributed by atoms with E-state index in [1.54, 1.807) is 0 Å². The summed E-state index contributed by atoms with van der Waals surface area (Å²) in [5.74, 6) is -1.95. The van der Waals surface area contributed by atoms with Gasteiger partial charge in [0.2, 0.25) is 5.91 Å². The molecule has 0 saturated carbocycles. The highest BCUT2D eigenvalue weighted by Crippen LogP contribution is 1.97. The smallest absolute Gasteiger partial charge is 0.404 e. The summed E-state index contributed by atoms with van der Waals surface area (Å²) < 4.78 is 4.34. The van der Waals surface area contributed by atoms with Gasteiger partial charge in [0.25, 0.3) is 0 Å². The predicted octanol–water partition coefficient (Wildman–Crippen LogP) is -1.90. The molecule has 0 bridgehead atoms. The number of nitrogens with one attached hydrogen (secondary N) is 2. The fraction of sp³-hybridized carbons (Fsp3) is 0.556. The van der Waals surface area contributed by atoms with Crippen molar-refractivity contribution in [1.82, 2.24) is 10.6 Å². The third kappa shape index (κ3) is 9.21. The average Bonchev–Trinajstić information content (AvgIpc) is 2.29. The SMILES string of the molecule is NC(=O)CC[C@H](NC(=O)NCCOC(N)=O)C(=O)O. The molecule has 0 aromatic rings. The number of carboxylic acid groups (broad SMARTS) is 1. The van der Waals surface area contributed by atoms with Crippen LogP contribution in [0, 0.1) is 0 Å². The standard InChI is InChI=1S/C9H16N4O6/c10-6(14)2-1-5(7(15)16)13-9(18)12-3-4-19-8(11)17/h5H,1-4H2,(H2,10,14)(H2,11,17)(H,15,16)(H2,12,13,18)/t5-/m0/s1. The van der Waals surface area contributed by atoms with Crippen molar-refractivity contribution in [2.75, 3.05) is 13.2 Å². The maximum atomic E-state index is 11.3. The molecule has 0 radical (unpaired) electrons. The van der Waals surface area contributed by atoms with Crippen LogP contribution in [0.25, 0.3) is 0 Å². The van der Waals surface area contributed by atoms with Gasteiger partial charge in [-0.15, -0.1) is 0 Å². The van der Waals surface area contributed by atoms with Gasteiger partial charge in [-0.05, 0) is 6.42 Å². The number of carbonyl (C=O) groups excluding carboxylic acids is 3. The van der Waals surface area contributed by atoms with Gasteiger partial charge in [0.1, 0.15) is 12.6 Å². The van der Waals surface area contributed by atoms with Gasteiger partial charge in [0.05, 0.1) is 6.54 Å². The van der Waals surface area contributed by atoms with Gasteiger partial charge in [-0.1, -0.05) is 0 Å². The van der Waals surface area contributed by atoms with Gasteiger partial charge in [-0.25, -0.2) is 14.4 Å². The van der Waals surface area contributed by atoms with E-state index in [0.717, 1.165) is 0 Å². The molecule has 1 atom stereocenters. The van der Waals surface area contributed by atoms with Crippen molar-refractivity contribution < 1.29 is 29.0 Å². The molecule has 0 heterocycles. The molecule has 0 aliphatic heterocycles. The quantitative estimate of drug-likeness (QED) is 0.323. The average molecular weight is 276 g/mol. The number of ether oxygens (including phenoxy) is 1. The van der Waals surface area contributed by atoms with E-state index in [1.165, 1.54) is 0 Å². The lowest BCUT2D eigenvalue weighted by atomic mass is 10.1. The van der Waals surface area contributed by atoms with Crippen molar-refractivity contribution in [3.8, 4) is 0 Å². The van der Waals surface area contributed by atoms with Gasteiger partial charge in [0.15, 0.2) is 0 Å². The molecule has 0 spiro atoms. The third-order valence-electron chi connectivity index (χ3n) is 1.91. The van der Waals surface area contributed by atoms with Crippen LogP contribution in [0.2, 0.25) is 0 Å². The number of rotatable bonds is 8. The van der Waals surface area contributed by atoms with Gasteiger partial charge in [0, 0.05) is 6.42 Å². The second kappa shape index (κ2) is 8.55. The normalized spacial score (nSPS) is 11.2. The lowest BCUT2D eigenvalue weighted by molar-refractivity contribution is -0.139. The molecule has 0 aromatic carbocycles. The van der Waals surface area contributed by atoms with Crippen LogP contribution in [0.4, 0.5) is 9.59 Å². The number of urea groups is 1. The Balaban J connectivity index is 3.99. The molecule has 19 heavy (non-hydrogen) atoms. The van der Waals surface area contributed by atoms with Crippen molar-refractivity contribution in [2.24, 2.45) is 11.5 Å². The second-order valence-electron chi connectivity index (χ2n) is 3.46. The van der Waals surface area contributed by atoms with E-state index in [1.807, 2.05) is 0 Å². The molecule has 10 heteroatoms. The highest BCUT2D eigenvalue weighted by molar-refractivity contribution is 5.83. The number of hydrogen-bond donors (Lipinski definition) is 5. The van der Waals surface area contributed by atoms with Gasteiger partial charge in [-0.3, -0.25) is 4.79 Å². The minimum absolute atomic E-state index is 0.0308. The van der Waals surface area contributed by atoms with Gasteiger partial charge >= 0.3 is 18.1 Å². The molecule has 7 N–H and O–H groups in total. The topological polar surface area (TPSA) is 174 Å². The lowest BCUT2D eigenvalue weighted by Crippen LogP contribution is -2.47. The van der Waals surface area contributed by atoms with Gasteiger partial charge in [-0.2, -0.15) is 0 Å². The minimum atomic E-state index is -1.29. The van der Waals surface area contributed by atoms with Crippen molar-refractivity contribution in [3.05, 3.63) is 0 Å². The predicted molar refractivity (Wildman–Crippen MR) is 61.9 cm³/mol. The van der Waals surface area contributed by atoms with E-state index in [2.05, 4.69) is 21.1 Å². The Morgan fingerprint density at radius 2 is 1.84 bits per heavy atom. The molecule has 10 nitrogen and oxygen atoms in total. The van der Waals surface area contributed by atoms with E-state index in [0.29, 0.717) is 0 Å². The van der Waals surface area contributed by atoms with Crippen LogP contribution in [0.1, 0.15) is 12.8 Å². The molecule has 0 unspecified atom stereocenters. The number of aliphatic carboxylic acids is 1. The Labute approximate surface area is 108 Å². The Kier molecular flexibility index (Phi) is 7.42. The Hall–Kier alpha value is -2.52. The lowest BCUT2D eigenvalue weighted by Gasteiger charge is -2.14. The highest BCUT2D eigenvalue weighted by atomic mass is 16.5. The van der Waals surface area contributed by atoms with Crippen LogP contribution in [0.15, 0.2) is 0 Å². The number of primary amides is 2. The summed E-state index contributed by atoms with van der Waals surface area (Å²) in [6.45, 7) is -0.168. The number of nitrogens with two attached hydrogens (primary N) is 2. The first-order valence-electron chi connectivity index (χ1n) is 5.30. The maximum Gasteiger partial charge on any atom is 0.404 e. The summed E-state index contributed by atoms with van der Waals surface area (Å²) in [7, 11) is 0. The van der Waals surface area contributed by atoms with Crippen LogP contribution < -0.4 is 22.1 Å². The summed E-state index contributed by atoms with van der Waals surface area (Å²) in [4.78, 5) is 42.8. The zero-order valence-electron chi connectivity index (χ0n) is 10.0. The summed E-state index contributed by atoms with van der Waals surface area (Å²) in [6, 6.07) is -2.01. The van der Waals surface area contributed by atoms with Crippen LogP contribution in [-0.2, 0) is 14.3 Å². The maximum absolute atomic E-state index is 11.3. The van der Waals surface area contributed by atoms with E-state index in [4.69, 9.17) is 10.8 Å². The molecular formula is C9H16N4O6. The number of carboxylic acids is 1. The van der Waals surface area contributed by atoms with E-state index in [9.17, 15) is 19.2 Å². The highest BCUT2D eigenvalue weighted by Gasteiger charge is 2.20. The molecular weight excluding hydrogens is 260 g/mol. The van der Waals surface area contributed by atoms with E-state index < -0.39 is 30.0 Å². The summed E-state index contributed by atoms with van der Waals surface area (Å²) >= 11 is 0. The fourth-order valence-electron chi connectivity index (χ4n) is 1.07. The molecule has 108 valence electrons. The van der Waals surface area contributed by atoms with Crippen LogP contribution >= 0.6 is 0 Å². The summed E-state index contributed by atoms with van der Waals surface area (Å²) in [5, 5.41) is 13.2. The molecule has 0 saturated heterocycles. The minimum Gasteiger partial charge on any atom is -0.480 e. The molecule has 0 fully saturated rings. The first kappa shape index (κ1) is 16.5. The third-order valence-corrected chi connectivity index (χ3v) is 1.91. The molecule has 0 aliphatic rings. The van der Waals surface area contributed by atoms with Crippen molar-refractivity contribution in [3.63, 3.8) is 0 Å². The zero-order chi connectivity index (χ0) is 14.8. The first-order valence-corrected chi connectivity index (χ1v) is 5.30. The van der Waals surface area contributed by atoms with Gasteiger partial charge < -0.3 is 31.9 Å². The second-order valence-corrected chi connectivity index (χ2v) is 3.46. The summed E-state index contributed by atoms with van der Waals surface area (Å²) in [6.07, 6.45) is -1.26. The summed E-state index contributed by atoms with van der Waals surface area (Å²) in [5.41, 5.74) is 9.56. The van der Waals surface area contributed by atoms with Crippen molar-refractivity contribution in [2.45, 2.75) is 18.9 Å². The Morgan fingerprint density at radius 3 is 2.32 bits per heavy atom. The number of carbonyl (C=O) groups is 4. The Morgan fingerprint density at radius 1 is 1.21 bits per heavy atom. The fourth-order valence-corrected chi connectivity index (χ4v) is 1.07. The Bertz CT molecular complexity index is 359. The van der Waals surface area contributed by atoms with E-state index >= 15 is 0 Å². The molecule has 4 amide bonds. The molecule has 0 aliphatic carbocycles. The van der Waals surface area contributed by atoms with E-state index in [-0.39, 0.29) is 26.0 Å². The zero-order valence-corrected chi connectivity index (χ0v) is 10.0. The molecule has 0 rings (SSSR count). The van der Waals surface area contributed by atoms with Crippen molar-refractivity contribution >= 4 is 24.0 Å². The molecule has 0 aromatic heterocycles. The first-order chi connectivity index (χ1) is 8.82. The van der Waals surface area contributed by atoms with Crippen LogP contribution in [0.3, 0.4) is 0 Å². The van der Waals surface area contributed by atoms with Crippen LogP contribution in [-0.4, -0.2) is 48.3 Å². The largest absolute Gasteiger partial charge is 0.480 e. The monoisotopic (exact) mass is 276 g/mol. The number of hydrogen-bond acceptors (Lipinski definition) is 5. The van der Waals surface area contributed by atoms with Crippen molar-refractivity contribution in [1.29, 1.82) is 0 Å².